The first kappa shape index (κ1) is 31.0. The molecule has 0 spiro atoms. The number of hydrogen-bond acceptors (Lipinski definition) is 3. The van der Waals surface area contributed by atoms with E-state index in [1.807, 2.05) is 0 Å². The van der Waals surface area contributed by atoms with Gasteiger partial charge in [-0.15, -0.1) is 0 Å². The van der Waals surface area contributed by atoms with Crippen LogP contribution >= 0.6 is 0 Å². The van der Waals surface area contributed by atoms with Gasteiger partial charge >= 0.3 is 24.5 Å². The molecule has 2 atom stereocenters. The Balaban J connectivity index is 1.99. The second kappa shape index (κ2) is 10.8. The lowest BCUT2D eigenvalue weighted by Crippen LogP contribution is -2.48. The van der Waals surface area contributed by atoms with E-state index in [2.05, 4.69) is 0 Å². The number of hydrogen-bond donors (Lipinski definition) is 0. The maximum atomic E-state index is 14.8. The fraction of sp³-hybridized carbons (Fsp3) is 0.462. The number of carbonyl (C=O) groups is 2. The molecule has 1 aliphatic heterocycles. The number of urea groups is 1. The second-order valence-corrected chi connectivity index (χ2v) is 10.4. The molecule has 2 aromatic carbocycles. The zero-order valence-corrected chi connectivity index (χ0v) is 22.1. The third kappa shape index (κ3) is 6.94. The fourth-order valence-corrected chi connectivity index (χ4v) is 4.38. The van der Waals surface area contributed by atoms with Crippen LogP contribution in [0.5, 0.6) is 0 Å². The molecule has 0 bridgehead atoms. The molecule has 1 saturated heterocycles. The highest BCUT2D eigenvalue weighted by Crippen LogP contribution is 2.39. The van der Waals surface area contributed by atoms with Gasteiger partial charge in [0.1, 0.15) is 17.2 Å². The van der Waals surface area contributed by atoms with Crippen molar-refractivity contribution in [2.24, 2.45) is 0 Å². The van der Waals surface area contributed by atoms with Crippen molar-refractivity contribution in [2.45, 2.75) is 50.7 Å². The Labute approximate surface area is 225 Å². The summed E-state index contributed by atoms with van der Waals surface area (Å²) in [5.41, 5.74) is -4.85. The van der Waals surface area contributed by atoms with E-state index in [1.54, 1.807) is 20.8 Å². The van der Waals surface area contributed by atoms with Gasteiger partial charge in [-0.3, -0.25) is 4.90 Å². The molecule has 1 heterocycles. The second-order valence-electron chi connectivity index (χ2n) is 10.4. The van der Waals surface area contributed by atoms with E-state index < -0.39 is 70.5 Å². The Morgan fingerprint density at radius 1 is 0.875 bits per heavy atom. The van der Waals surface area contributed by atoms with Crippen molar-refractivity contribution in [1.29, 1.82) is 0 Å². The number of alkyl halides is 6. The Morgan fingerprint density at radius 2 is 1.43 bits per heavy atom. The molecular formula is C26H27F8N3O3. The molecule has 0 unspecified atom stereocenters. The maximum absolute atomic E-state index is 14.8. The summed E-state index contributed by atoms with van der Waals surface area (Å²) in [5.74, 6) is -2.75. The minimum absolute atomic E-state index is 0.0433. The number of carbonyl (C=O) groups excluding carboxylic acids is 2. The number of halogens is 8. The molecule has 0 aromatic heterocycles. The van der Waals surface area contributed by atoms with E-state index in [1.165, 1.54) is 11.9 Å². The summed E-state index contributed by atoms with van der Waals surface area (Å²) >= 11 is 0. The number of amides is 3. The molecule has 0 saturated carbocycles. The number of likely N-dealkylation sites (tertiary alicyclic amines) is 1. The third-order valence-electron chi connectivity index (χ3n) is 6.35. The maximum Gasteiger partial charge on any atom is 0.416 e. The molecule has 0 aliphatic carbocycles. The Hall–Kier alpha value is -3.58. The minimum Gasteiger partial charge on any atom is -0.444 e. The standard InChI is InChI=1S/C26H27F8N3O3/c1-24(2,3)40-23(39)37-12-19(18-7-6-16(27)11-20(18)28)21(13-37)36(5)22(38)35(4)17-9-14(25(29,30)31)8-15(10-17)26(32,33)34/h6-11,19,21H,12-13H2,1-5H3/t19-,21+/m0/s1. The van der Waals surface area contributed by atoms with E-state index in [9.17, 15) is 44.7 Å². The van der Waals surface area contributed by atoms with Crippen LogP contribution in [0.15, 0.2) is 36.4 Å². The number of likely N-dealkylation sites (N-methyl/N-ethyl adjacent to an activating group) is 1. The fourth-order valence-electron chi connectivity index (χ4n) is 4.38. The molecule has 40 heavy (non-hydrogen) atoms. The highest BCUT2D eigenvalue weighted by atomic mass is 19.4. The van der Waals surface area contributed by atoms with Crippen molar-refractivity contribution in [1.82, 2.24) is 9.80 Å². The van der Waals surface area contributed by atoms with Crippen LogP contribution in [0.2, 0.25) is 0 Å². The molecule has 14 heteroatoms. The average molecular weight is 582 g/mol. The van der Waals surface area contributed by atoms with Crippen molar-refractivity contribution in [3.8, 4) is 0 Å². The monoisotopic (exact) mass is 581 g/mol. The lowest BCUT2D eigenvalue weighted by atomic mass is 9.93. The summed E-state index contributed by atoms with van der Waals surface area (Å²) in [7, 11) is 2.21. The van der Waals surface area contributed by atoms with Crippen LogP contribution in [0.25, 0.3) is 0 Å². The molecule has 2 aromatic rings. The van der Waals surface area contributed by atoms with E-state index in [-0.39, 0.29) is 24.7 Å². The topological polar surface area (TPSA) is 53.1 Å². The Morgan fingerprint density at radius 3 is 1.90 bits per heavy atom. The van der Waals surface area contributed by atoms with E-state index in [0.29, 0.717) is 23.1 Å². The van der Waals surface area contributed by atoms with Crippen molar-refractivity contribution >= 4 is 17.8 Å². The van der Waals surface area contributed by atoms with E-state index in [0.717, 1.165) is 24.1 Å². The van der Waals surface area contributed by atoms with Crippen LogP contribution in [0.1, 0.15) is 43.4 Å². The summed E-state index contributed by atoms with van der Waals surface area (Å²) in [4.78, 5) is 28.9. The number of nitrogens with zero attached hydrogens (tertiary/aromatic N) is 3. The van der Waals surface area contributed by atoms with Crippen LogP contribution in [0.4, 0.5) is 50.4 Å². The minimum atomic E-state index is -5.13. The Kier molecular flexibility index (Phi) is 8.33. The van der Waals surface area contributed by atoms with Gasteiger partial charge in [-0.25, -0.2) is 18.4 Å². The SMILES string of the molecule is CN(C(=O)N(C)[C@@H]1CN(C(=O)OC(C)(C)C)C[C@H]1c1ccc(F)cc1F)c1cc(C(F)(F)F)cc(C(F)(F)F)c1. The Bertz CT molecular complexity index is 1240. The molecular weight excluding hydrogens is 554 g/mol. The predicted octanol–water partition coefficient (Wildman–Crippen LogP) is 6.89. The normalized spacial score (nSPS) is 18.1. The van der Waals surface area contributed by atoms with Crippen LogP contribution < -0.4 is 4.90 Å². The average Bonchev–Trinajstić information content (AvgIpc) is 3.25. The van der Waals surface area contributed by atoms with Gasteiger partial charge in [-0.05, 0) is 50.6 Å². The first-order valence-corrected chi connectivity index (χ1v) is 11.9. The number of ether oxygens (including phenoxy) is 1. The zero-order valence-electron chi connectivity index (χ0n) is 22.1. The predicted molar refractivity (Wildman–Crippen MR) is 129 cm³/mol. The third-order valence-corrected chi connectivity index (χ3v) is 6.35. The molecule has 1 fully saturated rings. The summed E-state index contributed by atoms with van der Waals surface area (Å²) in [6.45, 7) is 4.48. The summed E-state index contributed by atoms with van der Waals surface area (Å²) < 4.78 is 114. The van der Waals surface area contributed by atoms with Crippen molar-refractivity contribution in [3.05, 3.63) is 64.7 Å². The van der Waals surface area contributed by atoms with Gasteiger partial charge in [0, 0.05) is 44.9 Å². The van der Waals surface area contributed by atoms with Gasteiger partial charge in [0.2, 0.25) is 0 Å². The van der Waals surface area contributed by atoms with Gasteiger partial charge in [0.05, 0.1) is 17.2 Å². The van der Waals surface area contributed by atoms with Gasteiger partial charge in [0.25, 0.3) is 0 Å². The molecule has 220 valence electrons. The quantitative estimate of drug-likeness (QED) is 0.371. The molecule has 3 amide bonds. The zero-order chi connectivity index (χ0) is 30.4. The van der Waals surface area contributed by atoms with Crippen LogP contribution in [0.3, 0.4) is 0 Å². The largest absolute Gasteiger partial charge is 0.444 e. The summed E-state index contributed by atoms with van der Waals surface area (Å²) in [5, 5.41) is 0. The van der Waals surface area contributed by atoms with Crippen LogP contribution in [-0.2, 0) is 17.1 Å². The number of rotatable bonds is 3. The smallest absolute Gasteiger partial charge is 0.416 e. The van der Waals surface area contributed by atoms with Gasteiger partial charge in [0.15, 0.2) is 0 Å². The van der Waals surface area contributed by atoms with Gasteiger partial charge in [-0.2, -0.15) is 26.3 Å². The summed E-state index contributed by atoms with van der Waals surface area (Å²) in [6.07, 6.45) is -11.0. The molecule has 0 radical (unpaired) electrons. The van der Waals surface area contributed by atoms with Crippen molar-refractivity contribution < 1.29 is 49.4 Å². The summed E-state index contributed by atoms with van der Waals surface area (Å²) in [6, 6.07) is 1.46. The van der Waals surface area contributed by atoms with E-state index >= 15 is 0 Å². The lowest BCUT2D eigenvalue weighted by Gasteiger charge is -2.33. The molecule has 3 rings (SSSR count). The van der Waals surface area contributed by atoms with E-state index in [4.69, 9.17) is 4.74 Å². The number of benzene rings is 2. The first-order chi connectivity index (χ1) is 18.2. The van der Waals surface area contributed by atoms with Crippen molar-refractivity contribution in [2.75, 3.05) is 32.1 Å². The lowest BCUT2D eigenvalue weighted by molar-refractivity contribution is -0.143. The van der Waals surface area contributed by atoms with Gasteiger partial charge < -0.3 is 14.5 Å². The molecule has 0 N–H and O–H groups in total. The number of anilines is 1. The molecule has 1 aliphatic rings. The highest BCUT2D eigenvalue weighted by Gasteiger charge is 2.44. The molecule has 6 nitrogen and oxygen atoms in total. The van der Waals surface area contributed by atoms with Crippen LogP contribution in [0, 0.1) is 11.6 Å². The van der Waals surface area contributed by atoms with Gasteiger partial charge in [-0.1, -0.05) is 6.07 Å². The van der Waals surface area contributed by atoms with Crippen molar-refractivity contribution in [3.63, 3.8) is 0 Å². The highest BCUT2D eigenvalue weighted by molar-refractivity contribution is 5.92. The first-order valence-electron chi connectivity index (χ1n) is 11.9. The van der Waals surface area contributed by atoms with Crippen LogP contribution in [-0.4, -0.2) is 60.8 Å².